The Balaban J connectivity index is 0.679. The number of piperidine rings is 3. The van der Waals surface area contributed by atoms with Crippen molar-refractivity contribution in [3.63, 3.8) is 0 Å². The van der Waals surface area contributed by atoms with Crippen molar-refractivity contribution in [1.82, 2.24) is 40.2 Å². The summed E-state index contributed by atoms with van der Waals surface area (Å²) in [6, 6.07) is 12.3. The van der Waals surface area contributed by atoms with Crippen molar-refractivity contribution in [3.05, 3.63) is 59.9 Å². The highest BCUT2D eigenvalue weighted by molar-refractivity contribution is 6.23. The molecule has 0 radical (unpaired) electrons. The zero-order valence-electron chi connectivity index (χ0n) is 33.9. The summed E-state index contributed by atoms with van der Waals surface area (Å²) in [6.45, 7) is 9.75. The number of anilines is 2. The van der Waals surface area contributed by atoms with Gasteiger partial charge in [-0.05, 0) is 94.2 Å². The summed E-state index contributed by atoms with van der Waals surface area (Å²) in [5.74, 6) is 0.468. The van der Waals surface area contributed by atoms with Crippen LogP contribution in [0.15, 0.2) is 48.8 Å². The van der Waals surface area contributed by atoms with Gasteiger partial charge in [0.15, 0.2) is 0 Å². The van der Waals surface area contributed by atoms with Gasteiger partial charge in [-0.15, -0.1) is 0 Å². The molecule has 2 N–H and O–H groups in total. The third-order valence-corrected chi connectivity index (χ3v) is 13.5. The number of H-pyrrole nitrogens is 1. The van der Waals surface area contributed by atoms with Gasteiger partial charge in [0.25, 0.3) is 11.8 Å². The van der Waals surface area contributed by atoms with Crippen LogP contribution in [-0.4, -0.2) is 135 Å². The average Bonchev–Trinajstić information content (AvgIpc) is 3.75. The van der Waals surface area contributed by atoms with Gasteiger partial charge in [-0.1, -0.05) is 0 Å². The van der Waals surface area contributed by atoms with Crippen LogP contribution < -0.4 is 19.9 Å². The minimum Gasteiger partial charge on any atom is -0.488 e. The second-order valence-electron chi connectivity index (χ2n) is 17.6. The first-order valence-electron chi connectivity index (χ1n) is 21.5. The maximum atomic E-state index is 13.7. The normalized spacial score (nSPS) is 22.7. The number of amides is 5. The molecule has 1 aliphatic carbocycles. The number of nitrogens with one attached hydrogen (secondary N) is 2. The molecular weight excluding hydrogens is 765 g/mol. The number of carbonyl (C=O) groups is 5. The van der Waals surface area contributed by atoms with E-state index in [1.54, 1.807) is 18.5 Å². The molecular formula is C44H50N10O6. The van der Waals surface area contributed by atoms with E-state index in [-0.39, 0.29) is 41.4 Å². The minimum absolute atomic E-state index is 0.0389. The Morgan fingerprint density at radius 2 is 1.58 bits per heavy atom. The number of carbonyl (C=O) groups excluding carboxylic acids is 5. The van der Waals surface area contributed by atoms with E-state index in [0.717, 1.165) is 129 Å². The van der Waals surface area contributed by atoms with E-state index in [0.29, 0.717) is 19.0 Å². The van der Waals surface area contributed by atoms with Crippen molar-refractivity contribution in [2.24, 2.45) is 11.8 Å². The predicted octanol–water partition coefficient (Wildman–Crippen LogP) is 3.63. The van der Waals surface area contributed by atoms with E-state index in [4.69, 9.17) is 4.74 Å². The van der Waals surface area contributed by atoms with E-state index in [1.165, 1.54) is 0 Å². The van der Waals surface area contributed by atoms with Gasteiger partial charge in [0, 0.05) is 88.4 Å². The zero-order valence-corrected chi connectivity index (χ0v) is 33.9. The highest BCUT2D eigenvalue weighted by atomic mass is 16.5. The molecule has 16 nitrogen and oxygen atoms in total. The van der Waals surface area contributed by atoms with E-state index in [9.17, 15) is 24.0 Å². The number of benzene rings is 2. The van der Waals surface area contributed by atoms with E-state index in [2.05, 4.69) is 58.1 Å². The third-order valence-electron chi connectivity index (χ3n) is 13.5. The lowest BCUT2D eigenvalue weighted by atomic mass is 9.91. The van der Waals surface area contributed by atoms with Gasteiger partial charge < -0.3 is 19.4 Å². The third kappa shape index (κ3) is 7.34. The first-order valence-corrected chi connectivity index (χ1v) is 21.5. The maximum absolute atomic E-state index is 13.7. The van der Waals surface area contributed by atoms with Crippen molar-refractivity contribution < 1.29 is 28.7 Å². The van der Waals surface area contributed by atoms with Gasteiger partial charge in [-0.3, -0.25) is 44.2 Å². The van der Waals surface area contributed by atoms with Crippen LogP contribution in [0.25, 0.3) is 22.3 Å². The maximum Gasteiger partial charge on any atom is 0.262 e. The monoisotopic (exact) mass is 814 g/mol. The molecule has 1 saturated carbocycles. The molecule has 2 aromatic carbocycles. The number of aromatic nitrogens is 4. The van der Waals surface area contributed by atoms with Gasteiger partial charge in [-0.2, -0.15) is 5.10 Å². The number of rotatable bonds is 9. The van der Waals surface area contributed by atoms with Crippen molar-refractivity contribution in [1.29, 1.82) is 0 Å². The molecule has 5 aliphatic heterocycles. The molecule has 10 rings (SSSR count). The molecule has 0 spiro atoms. The molecule has 1 unspecified atom stereocenters. The van der Waals surface area contributed by atoms with E-state index in [1.807, 2.05) is 24.3 Å². The lowest BCUT2D eigenvalue weighted by Crippen LogP contribution is -2.54. The SMILES string of the molecule is CC1(Oc2ccc3[nH]nc(-c4cc(N5CCN(CC6CCN(C(=O)C7CCN(c8ccc9c(c8)C(=O)N(C8CCC(=O)NC8=O)C9=O)CC7)CC6)CC5)ncn4)c3c2)CC1. The quantitative estimate of drug-likeness (QED) is 0.235. The molecule has 5 amide bonds. The summed E-state index contributed by atoms with van der Waals surface area (Å²) in [6.07, 6.45) is 7.42. The Morgan fingerprint density at radius 3 is 2.33 bits per heavy atom. The number of hydrogen-bond acceptors (Lipinski definition) is 12. The minimum atomic E-state index is -0.992. The highest BCUT2D eigenvalue weighted by Gasteiger charge is 2.45. The van der Waals surface area contributed by atoms with Crippen molar-refractivity contribution in [2.75, 3.05) is 68.7 Å². The van der Waals surface area contributed by atoms with Crippen molar-refractivity contribution in [2.45, 2.75) is 69.9 Å². The summed E-state index contributed by atoms with van der Waals surface area (Å²) < 4.78 is 6.22. The number of aromatic amines is 1. The number of ether oxygens (including phenoxy) is 1. The molecule has 1 atom stereocenters. The lowest BCUT2D eigenvalue weighted by molar-refractivity contribution is -0.138. The smallest absolute Gasteiger partial charge is 0.262 e. The molecule has 5 fully saturated rings. The van der Waals surface area contributed by atoms with Crippen LogP contribution in [0.3, 0.4) is 0 Å². The molecule has 4 saturated heterocycles. The Hall–Kier alpha value is -5.90. The number of fused-ring (bicyclic) bond motifs is 2. The molecule has 2 aromatic heterocycles. The Labute approximate surface area is 347 Å². The van der Waals surface area contributed by atoms with Crippen LogP contribution in [0.2, 0.25) is 0 Å². The average molecular weight is 815 g/mol. The molecule has 4 aromatic rings. The molecule has 0 bridgehead atoms. The van der Waals surface area contributed by atoms with Gasteiger partial charge >= 0.3 is 0 Å². The fourth-order valence-corrected chi connectivity index (χ4v) is 9.62. The van der Waals surface area contributed by atoms with E-state index < -0.39 is 29.7 Å². The van der Waals surface area contributed by atoms with E-state index >= 15 is 0 Å². The fraction of sp³-hybridized carbons (Fsp3) is 0.500. The second-order valence-corrected chi connectivity index (χ2v) is 17.6. The Kier molecular flexibility index (Phi) is 9.76. The largest absolute Gasteiger partial charge is 0.488 e. The van der Waals surface area contributed by atoms with Crippen molar-refractivity contribution in [3.8, 4) is 17.1 Å². The van der Waals surface area contributed by atoms with Gasteiger partial charge in [0.2, 0.25) is 17.7 Å². The summed E-state index contributed by atoms with van der Waals surface area (Å²) in [5.41, 5.74) is 3.83. The van der Waals surface area contributed by atoms with Crippen LogP contribution >= 0.6 is 0 Å². The molecule has 60 heavy (non-hydrogen) atoms. The molecule has 7 heterocycles. The van der Waals surface area contributed by atoms with Crippen LogP contribution in [0, 0.1) is 11.8 Å². The second kappa shape index (κ2) is 15.3. The number of hydrogen-bond donors (Lipinski definition) is 2. The number of nitrogens with zero attached hydrogens (tertiary/aromatic N) is 8. The molecule has 6 aliphatic rings. The van der Waals surface area contributed by atoms with Crippen LogP contribution in [0.4, 0.5) is 11.5 Å². The lowest BCUT2D eigenvalue weighted by Gasteiger charge is -2.40. The van der Waals surface area contributed by atoms with Crippen LogP contribution in [0.5, 0.6) is 5.75 Å². The topological polar surface area (TPSA) is 177 Å². The summed E-state index contributed by atoms with van der Waals surface area (Å²) in [7, 11) is 0. The summed E-state index contributed by atoms with van der Waals surface area (Å²) in [5, 5.41) is 11.0. The van der Waals surface area contributed by atoms with Crippen molar-refractivity contribution >= 4 is 51.9 Å². The van der Waals surface area contributed by atoms with Gasteiger partial charge in [0.05, 0.1) is 22.3 Å². The Bertz CT molecular complexity index is 2370. The zero-order chi connectivity index (χ0) is 41.1. The number of imide groups is 2. The number of piperazine rings is 1. The number of likely N-dealkylation sites (tertiary alicyclic amines) is 1. The predicted molar refractivity (Wildman–Crippen MR) is 221 cm³/mol. The summed E-state index contributed by atoms with van der Waals surface area (Å²) >= 11 is 0. The summed E-state index contributed by atoms with van der Waals surface area (Å²) in [4.78, 5) is 83.6. The first kappa shape index (κ1) is 38.3. The van der Waals surface area contributed by atoms with Crippen LogP contribution in [-0.2, 0) is 14.4 Å². The molecule has 16 heteroatoms. The molecule has 312 valence electrons. The highest BCUT2D eigenvalue weighted by Crippen LogP contribution is 2.41. The standard InChI is InChI=1S/C44H50N10O6/c1-44(12-13-44)60-30-3-5-34-33(23-30)39(49-48-34)35-24-37(46-26-45-35)52-20-18-50(19-21-52)25-27-8-14-53(15-9-27)41(57)28-10-16-51(17-11-28)29-2-4-31-32(22-29)43(59)54(42(31)58)36-6-7-38(55)47-40(36)56/h2-5,22-24,26-28,36H,6-21,25H2,1H3,(H,48,49)(H,47,55,56). The van der Waals surface area contributed by atoms with Gasteiger partial charge in [0.1, 0.15) is 35.2 Å². The van der Waals surface area contributed by atoms with Gasteiger partial charge in [-0.25, -0.2) is 9.97 Å². The van der Waals surface area contributed by atoms with Crippen LogP contribution in [0.1, 0.15) is 79.0 Å². The Morgan fingerprint density at radius 1 is 0.817 bits per heavy atom. The fourth-order valence-electron chi connectivity index (χ4n) is 9.62. The first-order chi connectivity index (χ1) is 29.1.